The smallest absolute Gasteiger partial charge is 0.323 e. The van der Waals surface area contributed by atoms with Crippen molar-refractivity contribution in [2.45, 2.75) is 18.8 Å². The van der Waals surface area contributed by atoms with E-state index in [9.17, 15) is 9.59 Å². The third-order valence-electron chi connectivity index (χ3n) is 4.96. The van der Waals surface area contributed by atoms with Gasteiger partial charge in [0.2, 0.25) is 0 Å². The third-order valence-corrected chi connectivity index (χ3v) is 4.96. The molecule has 1 unspecified atom stereocenters. The molecule has 0 radical (unpaired) electrons. The van der Waals surface area contributed by atoms with E-state index in [1.54, 1.807) is 6.08 Å². The lowest BCUT2D eigenvalue weighted by molar-refractivity contribution is -0.170. The summed E-state index contributed by atoms with van der Waals surface area (Å²) in [5, 5.41) is 2.11. The van der Waals surface area contributed by atoms with Crippen LogP contribution in [-0.2, 0) is 25.5 Å². The minimum absolute atomic E-state index is 0.114. The van der Waals surface area contributed by atoms with E-state index in [4.69, 9.17) is 9.47 Å². The Morgan fingerprint density at radius 1 is 1.12 bits per heavy atom. The first kappa shape index (κ1) is 16.2. The minimum Gasteiger partial charge on any atom is -0.468 e. The van der Waals surface area contributed by atoms with E-state index in [0.29, 0.717) is 6.42 Å². The number of carbonyl (C=O) groups is 2. The Balaban J connectivity index is 2.26. The molecular weight excluding hydrogens is 304 g/mol. The van der Waals surface area contributed by atoms with Gasteiger partial charge in [-0.1, -0.05) is 42.5 Å². The largest absolute Gasteiger partial charge is 0.468 e. The van der Waals surface area contributed by atoms with Crippen molar-refractivity contribution in [1.82, 2.24) is 0 Å². The van der Waals surface area contributed by atoms with E-state index in [-0.39, 0.29) is 12.3 Å². The SMILES string of the molecule is C=CC1CC(C(=O)OC)(C(=O)OC)Cc2c1ccc1ccccc21. The van der Waals surface area contributed by atoms with E-state index in [2.05, 4.69) is 18.7 Å². The van der Waals surface area contributed by atoms with Crippen molar-refractivity contribution in [2.24, 2.45) is 5.41 Å². The van der Waals surface area contributed by atoms with Gasteiger partial charge in [-0.25, -0.2) is 0 Å². The Morgan fingerprint density at radius 2 is 1.79 bits per heavy atom. The van der Waals surface area contributed by atoms with Gasteiger partial charge >= 0.3 is 11.9 Å². The quantitative estimate of drug-likeness (QED) is 0.493. The van der Waals surface area contributed by atoms with Crippen LogP contribution in [0.3, 0.4) is 0 Å². The van der Waals surface area contributed by atoms with Crippen LogP contribution in [0, 0.1) is 5.41 Å². The maximum absolute atomic E-state index is 12.5. The number of esters is 2. The predicted molar refractivity (Wildman–Crippen MR) is 91.7 cm³/mol. The Labute approximate surface area is 141 Å². The zero-order valence-corrected chi connectivity index (χ0v) is 13.9. The first-order valence-corrected chi connectivity index (χ1v) is 7.87. The monoisotopic (exact) mass is 324 g/mol. The first-order chi connectivity index (χ1) is 11.6. The Kier molecular flexibility index (Phi) is 4.14. The Morgan fingerprint density at radius 3 is 2.42 bits per heavy atom. The van der Waals surface area contributed by atoms with Gasteiger partial charge in [0.25, 0.3) is 0 Å². The van der Waals surface area contributed by atoms with Gasteiger partial charge in [0.1, 0.15) is 0 Å². The molecule has 24 heavy (non-hydrogen) atoms. The zero-order valence-electron chi connectivity index (χ0n) is 13.9. The molecule has 0 amide bonds. The second kappa shape index (κ2) is 6.11. The van der Waals surface area contributed by atoms with Crippen LogP contribution in [0.15, 0.2) is 49.1 Å². The first-order valence-electron chi connectivity index (χ1n) is 7.87. The van der Waals surface area contributed by atoms with Gasteiger partial charge in [-0.15, -0.1) is 6.58 Å². The molecule has 3 rings (SSSR count). The van der Waals surface area contributed by atoms with Gasteiger partial charge in [-0.3, -0.25) is 9.59 Å². The highest BCUT2D eigenvalue weighted by molar-refractivity contribution is 6.02. The molecule has 4 nitrogen and oxygen atoms in total. The molecule has 124 valence electrons. The molecule has 4 heteroatoms. The zero-order chi connectivity index (χ0) is 17.3. The summed E-state index contributed by atoms with van der Waals surface area (Å²) in [5.74, 6) is -1.23. The highest BCUT2D eigenvalue weighted by Crippen LogP contribution is 2.46. The molecule has 0 heterocycles. The van der Waals surface area contributed by atoms with Crippen LogP contribution in [0.4, 0.5) is 0 Å². The highest BCUT2D eigenvalue weighted by atomic mass is 16.5. The van der Waals surface area contributed by atoms with Crippen molar-refractivity contribution < 1.29 is 19.1 Å². The summed E-state index contributed by atoms with van der Waals surface area (Å²) in [6, 6.07) is 12.1. The highest BCUT2D eigenvalue weighted by Gasteiger charge is 2.52. The van der Waals surface area contributed by atoms with E-state index in [1.807, 2.05) is 24.3 Å². The standard InChI is InChI=1S/C20H20O4/c1-4-13-11-20(18(21)23-2,19(22)24-3)12-17-15-8-6-5-7-14(15)9-10-16(13)17/h4-10,13H,1,11-12H2,2-3H3. The number of hydrogen-bond acceptors (Lipinski definition) is 4. The summed E-state index contributed by atoms with van der Waals surface area (Å²) in [6.45, 7) is 3.89. The van der Waals surface area contributed by atoms with Gasteiger partial charge in [0.05, 0.1) is 14.2 Å². The molecule has 0 saturated heterocycles. The van der Waals surface area contributed by atoms with Crippen molar-refractivity contribution in [3.8, 4) is 0 Å². The van der Waals surface area contributed by atoms with Crippen molar-refractivity contribution in [3.63, 3.8) is 0 Å². The van der Waals surface area contributed by atoms with Crippen LogP contribution in [0.5, 0.6) is 0 Å². The number of carbonyl (C=O) groups excluding carboxylic acids is 2. The fourth-order valence-corrected chi connectivity index (χ4v) is 3.75. The van der Waals surface area contributed by atoms with Gasteiger partial charge in [-0.2, -0.15) is 0 Å². The molecule has 1 aliphatic rings. The molecule has 2 aromatic rings. The fraction of sp³-hybridized carbons (Fsp3) is 0.300. The van der Waals surface area contributed by atoms with Crippen LogP contribution in [0.25, 0.3) is 10.8 Å². The molecule has 0 bridgehead atoms. The predicted octanol–water partition coefficient (Wildman–Crippen LogP) is 3.39. The summed E-state index contributed by atoms with van der Waals surface area (Å²) >= 11 is 0. The number of methoxy groups -OCH3 is 2. The number of ether oxygens (including phenoxy) is 2. The van der Waals surface area contributed by atoms with Gasteiger partial charge < -0.3 is 9.47 Å². The maximum Gasteiger partial charge on any atom is 0.323 e. The summed E-state index contributed by atoms with van der Waals surface area (Å²) in [6.07, 6.45) is 2.36. The molecular formula is C20H20O4. The molecule has 0 aromatic heterocycles. The van der Waals surface area contributed by atoms with Gasteiger partial charge in [0, 0.05) is 12.3 Å². The van der Waals surface area contributed by atoms with Crippen molar-refractivity contribution in [2.75, 3.05) is 14.2 Å². The molecule has 0 fully saturated rings. The number of allylic oxidation sites excluding steroid dienone is 1. The van der Waals surface area contributed by atoms with E-state index in [0.717, 1.165) is 21.9 Å². The van der Waals surface area contributed by atoms with Crippen LogP contribution in [0.1, 0.15) is 23.5 Å². The fourth-order valence-electron chi connectivity index (χ4n) is 3.75. The average molecular weight is 324 g/mol. The lowest BCUT2D eigenvalue weighted by Gasteiger charge is -2.37. The van der Waals surface area contributed by atoms with Crippen LogP contribution >= 0.6 is 0 Å². The minimum atomic E-state index is -1.33. The lowest BCUT2D eigenvalue weighted by atomic mass is 9.66. The van der Waals surface area contributed by atoms with E-state index >= 15 is 0 Å². The van der Waals surface area contributed by atoms with Gasteiger partial charge in [-0.05, 0) is 28.3 Å². The molecule has 2 aromatic carbocycles. The van der Waals surface area contributed by atoms with E-state index in [1.165, 1.54) is 14.2 Å². The Bertz CT molecular complexity index is 805. The van der Waals surface area contributed by atoms with E-state index < -0.39 is 17.4 Å². The molecule has 1 aliphatic carbocycles. The molecule has 0 spiro atoms. The van der Waals surface area contributed by atoms with Crippen molar-refractivity contribution >= 4 is 22.7 Å². The Hall–Kier alpha value is -2.62. The van der Waals surface area contributed by atoms with Crippen molar-refractivity contribution in [3.05, 3.63) is 60.2 Å². The number of fused-ring (bicyclic) bond motifs is 3. The summed E-state index contributed by atoms with van der Waals surface area (Å²) in [4.78, 5) is 25.1. The molecule has 0 aliphatic heterocycles. The number of hydrogen-bond donors (Lipinski definition) is 0. The maximum atomic E-state index is 12.5. The third kappa shape index (κ3) is 2.30. The average Bonchev–Trinajstić information content (AvgIpc) is 2.65. The normalized spacial score (nSPS) is 18.5. The van der Waals surface area contributed by atoms with Crippen LogP contribution in [-0.4, -0.2) is 26.2 Å². The van der Waals surface area contributed by atoms with Crippen LogP contribution < -0.4 is 0 Å². The lowest BCUT2D eigenvalue weighted by Crippen LogP contribution is -2.46. The summed E-state index contributed by atoms with van der Waals surface area (Å²) in [7, 11) is 2.60. The van der Waals surface area contributed by atoms with Gasteiger partial charge in [0.15, 0.2) is 5.41 Å². The molecule has 0 saturated carbocycles. The number of benzene rings is 2. The summed E-state index contributed by atoms with van der Waals surface area (Å²) < 4.78 is 9.92. The van der Waals surface area contributed by atoms with Crippen molar-refractivity contribution in [1.29, 1.82) is 0 Å². The second-order valence-corrected chi connectivity index (χ2v) is 6.14. The molecule has 1 atom stereocenters. The van der Waals surface area contributed by atoms with Crippen LogP contribution in [0.2, 0.25) is 0 Å². The number of rotatable bonds is 3. The molecule has 0 N–H and O–H groups in total. The topological polar surface area (TPSA) is 52.6 Å². The second-order valence-electron chi connectivity index (χ2n) is 6.14. The summed E-state index contributed by atoms with van der Waals surface area (Å²) in [5.41, 5.74) is 0.756.